The number of nitrogens with one attached hydrogen (secondary N) is 2. The highest BCUT2D eigenvalue weighted by Crippen LogP contribution is 2.11. The number of hydrogen-bond acceptors (Lipinski definition) is 4. The Morgan fingerprint density at radius 3 is 2.56 bits per heavy atom. The number of rotatable bonds is 7. The fourth-order valence-corrected chi connectivity index (χ4v) is 2.60. The highest BCUT2D eigenvalue weighted by atomic mass is 16.6. The summed E-state index contributed by atoms with van der Waals surface area (Å²) in [5.41, 5.74) is 0.580. The monoisotopic (exact) mass is 380 g/mol. The first-order valence-corrected chi connectivity index (χ1v) is 9.41. The van der Waals surface area contributed by atoms with E-state index in [9.17, 15) is 4.79 Å². The van der Waals surface area contributed by atoms with E-state index in [1.165, 1.54) is 0 Å². The van der Waals surface area contributed by atoms with Crippen molar-refractivity contribution >= 4 is 12.1 Å². The van der Waals surface area contributed by atoms with Crippen LogP contribution in [0.15, 0.2) is 17.3 Å². The zero-order chi connectivity index (χ0) is 20.6. The van der Waals surface area contributed by atoms with Gasteiger partial charge in [-0.3, -0.25) is 9.67 Å². The molecule has 0 aliphatic carbocycles. The number of aliphatic imine (C=N–C) groups is 1. The van der Waals surface area contributed by atoms with Crippen LogP contribution in [0.3, 0.4) is 0 Å². The molecule has 0 fully saturated rings. The topological polar surface area (TPSA) is 83.8 Å². The zero-order valence-electron chi connectivity index (χ0n) is 18.0. The number of aryl methyl sites for hydroxylation is 1. The predicted octanol–water partition coefficient (Wildman–Crippen LogP) is 2.37. The Bertz CT molecular complexity index is 618. The molecule has 0 aliphatic heterocycles. The van der Waals surface area contributed by atoms with E-state index in [-0.39, 0.29) is 12.1 Å². The van der Waals surface area contributed by atoms with Gasteiger partial charge in [0.25, 0.3) is 0 Å². The first-order chi connectivity index (χ1) is 12.5. The molecule has 27 heavy (non-hydrogen) atoms. The summed E-state index contributed by atoms with van der Waals surface area (Å²) in [7, 11) is 5.67. The van der Waals surface area contributed by atoms with Gasteiger partial charge in [0.2, 0.25) is 0 Å². The molecule has 0 saturated carbocycles. The van der Waals surface area contributed by atoms with Crippen LogP contribution in [0.25, 0.3) is 0 Å². The molecule has 1 aromatic rings. The second-order valence-corrected chi connectivity index (χ2v) is 8.05. The van der Waals surface area contributed by atoms with E-state index < -0.39 is 5.60 Å². The normalized spacial score (nSPS) is 13.4. The van der Waals surface area contributed by atoms with Crippen molar-refractivity contribution in [2.45, 2.75) is 59.2 Å². The van der Waals surface area contributed by atoms with Gasteiger partial charge >= 0.3 is 6.09 Å². The van der Waals surface area contributed by atoms with E-state index in [2.05, 4.69) is 39.5 Å². The number of guanidine groups is 1. The van der Waals surface area contributed by atoms with Gasteiger partial charge in [-0.15, -0.1) is 0 Å². The van der Waals surface area contributed by atoms with Crippen molar-refractivity contribution in [1.82, 2.24) is 25.3 Å². The van der Waals surface area contributed by atoms with Gasteiger partial charge in [-0.2, -0.15) is 5.10 Å². The average Bonchev–Trinajstić information content (AvgIpc) is 2.95. The molecule has 1 heterocycles. The van der Waals surface area contributed by atoms with Crippen LogP contribution in [0, 0.1) is 5.92 Å². The number of aromatic nitrogens is 2. The first-order valence-electron chi connectivity index (χ1n) is 9.41. The minimum Gasteiger partial charge on any atom is -0.444 e. The first kappa shape index (κ1) is 22.8. The average molecular weight is 381 g/mol. The van der Waals surface area contributed by atoms with Crippen molar-refractivity contribution in [3.05, 3.63) is 18.0 Å². The molecule has 0 bridgehead atoms. The molecule has 2 N–H and O–H groups in total. The lowest BCUT2D eigenvalue weighted by Gasteiger charge is -2.28. The van der Waals surface area contributed by atoms with Crippen molar-refractivity contribution < 1.29 is 9.53 Å². The van der Waals surface area contributed by atoms with E-state index >= 15 is 0 Å². The number of amides is 1. The lowest BCUT2D eigenvalue weighted by Crippen LogP contribution is -2.45. The Kier molecular flexibility index (Phi) is 8.59. The molecule has 1 amide bonds. The molecule has 0 aromatic carbocycles. The van der Waals surface area contributed by atoms with Crippen molar-refractivity contribution in [2.75, 3.05) is 20.6 Å². The fourth-order valence-electron chi connectivity index (χ4n) is 2.60. The summed E-state index contributed by atoms with van der Waals surface area (Å²) in [6.07, 6.45) is 2.20. The van der Waals surface area contributed by atoms with Gasteiger partial charge in [0.15, 0.2) is 5.96 Å². The van der Waals surface area contributed by atoms with Crippen LogP contribution < -0.4 is 10.6 Å². The van der Waals surface area contributed by atoms with E-state index in [1.807, 2.05) is 45.6 Å². The molecule has 154 valence electrons. The Balaban J connectivity index is 2.55. The highest BCUT2D eigenvalue weighted by molar-refractivity contribution is 5.79. The van der Waals surface area contributed by atoms with E-state index in [4.69, 9.17) is 4.74 Å². The number of carbonyl (C=O) groups is 1. The maximum absolute atomic E-state index is 12.1. The number of hydrogen-bond donors (Lipinski definition) is 2. The van der Waals surface area contributed by atoms with Crippen molar-refractivity contribution in [3.63, 3.8) is 0 Å². The van der Waals surface area contributed by atoms with E-state index in [0.717, 1.165) is 24.6 Å². The lowest BCUT2D eigenvalue weighted by atomic mass is 10.0. The van der Waals surface area contributed by atoms with Crippen LogP contribution in [0.4, 0.5) is 4.79 Å². The molecule has 0 radical (unpaired) electrons. The summed E-state index contributed by atoms with van der Waals surface area (Å²) in [6, 6.07) is 2.00. The summed E-state index contributed by atoms with van der Waals surface area (Å²) in [5.74, 6) is 1.10. The Hall–Kier alpha value is -2.25. The van der Waals surface area contributed by atoms with Gasteiger partial charge in [0, 0.05) is 39.9 Å². The summed E-state index contributed by atoms with van der Waals surface area (Å²) in [6.45, 7) is 11.2. The van der Waals surface area contributed by atoms with Crippen LogP contribution in [0.5, 0.6) is 0 Å². The molecule has 1 rings (SSSR count). The standard InChI is InChI=1S/C19H36N6O2/c1-14(2)16(23-18(26)27-19(3,4)5)10-12-24(7)17(20-6)21-13-15-9-11-22-25(15)8/h9,11,14,16H,10,12-13H2,1-8H3,(H,20,21)(H,23,26). The molecule has 8 nitrogen and oxygen atoms in total. The molecular formula is C19H36N6O2. The van der Waals surface area contributed by atoms with Crippen molar-refractivity contribution in [1.29, 1.82) is 0 Å². The quantitative estimate of drug-likeness (QED) is 0.560. The second-order valence-electron chi connectivity index (χ2n) is 8.05. The molecule has 0 aliphatic rings. The van der Waals surface area contributed by atoms with Crippen molar-refractivity contribution in [3.8, 4) is 0 Å². The van der Waals surface area contributed by atoms with Crippen LogP contribution in [-0.4, -0.2) is 59.0 Å². The lowest BCUT2D eigenvalue weighted by molar-refractivity contribution is 0.0486. The third-order valence-corrected chi connectivity index (χ3v) is 4.21. The summed E-state index contributed by atoms with van der Waals surface area (Å²) >= 11 is 0. The SMILES string of the molecule is CN=C(NCc1ccnn1C)N(C)CCC(NC(=O)OC(C)(C)C)C(C)C. The second kappa shape index (κ2) is 10.2. The Labute approximate surface area is 163 Å². The van der Waals surface area contributed by atoms with Crippen molar-refractivity contribution in [2.24, 2.45) is 18.0 Å². The fraction of sp³-hybridized carbons (Fsp3) is 0.737. The smallest absolute Gasteiger partial charge is 0.407 e. The summed E-state index contributed by atoms with van der Waals surface area (Å²) in [4.78, 5) is 18.5. The van der Waals surface area contributed by atoms with Crippen LogP contribution in [0.1, 0.15) is 46.7 Å². The molecular weight excluding hydrogens is 344 g/mol. The Morgan fingerprint density at radius 2 is 2.07 bits per heavy atom. The van der Waals surface area contributed by atoms with Gasteiger partial charge in [-0.05, 0) is 39.2 Å². The van der Waals surface area contributed by atoms with Gasteiger partial charge in [-0.25, -0.2) is 4.79 Å². The Morgan fingerprint density at radius 1 is 1.41 bits per heavy atom. The molecule has 1 unspecified atom stereocenters. The van der Waals surface area contributed by atoms with Gasteiger partial charge in [-0.1, -0.05) is 13.8 Å². The predicted molar refractivity (Wildman–Crippen MR) is 109 cm³/mol. The van der Waals surface area contributed by atoms with Crippen LogP contribution >= 0.6 is 0 Å². The molecule has 1 aromatic heterocycles. The van der Waals surface area contributed by atoms with Gasteiger partial charge in [0.05, 0.1) is 12.2 Å². The highest BCUT2D eigenvalue weighted by Gasteiger charge is 2.22. The van der Waals surface area contributed by atoms with E-state index in [0.29, 0.717) is 12.5 Å². The number of ether oxygens (including phenoxy) is 1. The minimum absolute atomic E-state index is 0.0254. The third-order valence-electron chi connectivity index (χ3n) is 4.21. The third kappa shape index (κ3) is 8.32. The number of nitrogens with zero attached hydrogens (tertiary/aromatic N) is 4. The maximum Gasteiger partial charge on any atom is 0.407 e. The number of alkyl carbamates (subject to hydrolysis) is 1. The number of carbonyl (C=O) groups excluding carboxylic acids is 1. The van der Waals surface area contributed by atoms with Gasteiger partial charge < -0.3 is 20.3 Å². The van der Waals surface area contributed by atoms with Crippen LogP contribution in [0.2, 0.25) is 0 Å². The molecule has 0 spiro atoms. The zero-order valence-corrected chi connectivity index (χ0v) is 18.0. The summed E-state index contributed by atoms with van der Waals surface area (Å²) in [5, 5.41) is 10.5. The van der Waals surface area contributed by atoms with Gasteiger partial charge in [0.1, 0.15) is 5.60 Å². The molecule has 1 atom stereocenters. The largest absolute Gasteiger partial charge is 0.444 e. The summed E-state index contributed by atoms with van der Waals surface area (Å²) < 4.78 is 7.21. The maximum atomic E-state index is 12.1. The minimum atomic E-state index is -0.500. The molecule has 0 saturated heterocycles. The molecule has 8 heteroatoms. The van der Waals surface area contributed by atoms with Crippen LogP contribution in [-0.2, 0) is 18.3 Å². The van der Waals surface area contributed by atoms with E-state index in [1.54, 1.807) is 13.2 Å².